The molecule has 2 heterocycles. The number of carbonyl (C=O) groups is 1. The number of fused-ring (bicyclic) bond motifs is 3. The summed E-state index contributed by atoms with van der Waals surface area (Å²) in [6, 6.07) is 3.52. The quantitative estimate of drug-likeness (QED) is 0.847. The summed E-state index contributed by atoms with van der Waals surface area (Å²) in [6.07, 6.45) is 1.91. The summed E-state index contributed by atoms with van der Waals surface area (Å²) in [4.78, 5) is 17.2. The standard InChI is InChI=1S/C17H22N2O4/c1-17(2,3)23-16(21)19-9-10(22-4)7-12-11-5-6-18-15(11)14(20)8-13(12)19/h5-6,8,10,18,20H,7,9H2,1-4H3/t10-/m0/s1. The number of ether oxygens (including phenoxy) is 2. The van der Waals surface area contributed by atoms with Crippen molar-refractivity contribution in [3.63, 3.8) is 0 Å². The molecule has 2 N–H and O–H groups in total. The predicted octanol–water partition coefficient (Wildman–Crippen LogP) is 3.19. The van der Waals surface area contributed by atoms with Gasteiger partial charge in [0, 0.05) is 31.2 Å². The minimum atomic E-state index is -0.586. The molecule has 6 nitrogen and oxygen atoms in total. The van der Waals surface area contributed by atoms with E-state index >= 15 is 0 Å². The van der Waals surface area contributed by atoms with E-state index in [2.05, 4.69) is 4.98 Å². The van der Waals surface area contributed by atoms with Crippen molar-refractivity contribution in [2.75, 3.05) is 18.6 Å². The Bertz CT molecular complexity index is 745. The highest BCUT2D eigenvalue weighted by Crippen LogP contribution is 2.39. The molecule has 0 saturated heterocycles. The Morgan fingerprint density at radius 2 is 2.17 bits per heavy atom. The molecule has 1 aliphatic heterocycles. The molecule has 0 aliphatic carbocycles. The first-order chi connectivity index (χ1) is 10.8. The van der Waals surface area contributed by atoms with E-state index in [4.69, 9.17) is 9.47 Å². The number of hydrogen-bond acceptors (Lipinski definition) is 4. The Balaban J connectivity index is 2.09. The molecule has 1 aliphatic rings. The molecule has 1 amide bonds. The number of benzene rings is 1. The van der Waals surface area contributed by atoms with Gasteiger partial charge in [-0.05, 0) is 32.4 Å². The van der Waals surface area contributed by atoms with Crippen molar-refractivity contribution in [3.8, 4) is 5.75 Å². The molecule has 0 spiro atoms. The van der Waals surface area contributed by atoms with Gasteiger partial charge >= 0.3 is 6.09 Å². The molecule has 0 unspecified atom stereocenters. The van der Waals surface area contributed by atoms with Crippen LogP contribution in [0.4, 0.5) is 10.5 Å². The van der Waals surface area contributed by atoms with Crippen LogP contribution >= 0.6 is 0 Å². The predicted molar refractivity (Wildman–Crippen MR) is 88.0 cm³/mol. The minimum Gasteiger partial charge on any atom is -0.506 e. The lowest BCUT2D eigenvalue weighted by atomic mass is 9.96. The van der Waals surface area contributed by atoms with Gasteiger partial charge in [-0.2, -0.15) is 0 Å². The molecular weight excluding hydrogens is 296 g/mol. The topological polar surface area (TPSA) is 74.8 Å². The first-order valence-electron chi connectivity index (χ1n) is 7.65. The first kappa shape index (κ1) is 15.7. The van der Waals surface area contributed by atoms with E-state index in [0.717, 1.165) is 10.9 Å². The van der Waals surface area contributed by atoms with Gasteiger partial charge in [0.25, 0.3) is 0 Å². The molecule has 2 aromatic rings. The van der Waals surface area contributed by atoms with E-state index in [9.17, 15) is 9.90 Å². The van der Waals surface area contributed by atoms with E-state index in [1.165, 1.54) is 0 Å². The molecule has 1 atom stereocenters. The van der Waals surface area contributed by atoms with Crippen LogP contribution in [-0.4, -0.2) is 41.5 Å². The average Bonchev–Trinajstić information content (AvgIpc) is 2.95. The molecule has 1 aromatic carbocycles. The van der Waals surface area contributed by atoms with Gasteiger partial charge in [-0.3, -0.25) is 4.90 Å². The SMILES string of the molecule is CO[C@H]1Cc2c(cc(O)c3[nH]ccc23)N(C(=O)OC(C)(C)C)C1. The number of H-pyrrole nitrogens is 1. The largest absolute Gasteiger partial charge is 0.506 e. The number of nitrogens with zero attached hydrogens (tertiary/aromatic N) is 1. The van der Waals surface area contributed by atoms with E-state index in [-0.39, 0.29) is 11.9 Å². The zero-order chi connectivity index (χ0) is 16.8. The minimum absolute atomic E-state index is 0.113. The highest BCUT2D eigenvalue weighted by atomic mass is 16.6. The maximum atomic E-state index is 12.6. The molecule has 3 rings (SSSR count). The fraction of sp³-hybridized carbons (Fsp3) is 0.471. The van der Waals surface area contributed by atoms with Gasteiger partial charge in [0.05, 0.1) is 23.9 Å². The second kappa shape index (κ2) is 5.45. The van der Waals surface area contributed by atoms with Crippen LogP contribution in [-0.2, 0) is 15.9 Å². The zero-order valence-corrected chi connectivity index (χ0v) is 13.8. The number of aromatic nitrogens is 1. The lowest BCUT2D eigenvalue weighted by Crippen LogP contribution is -2.45. The smallest absolute Gasteiger partial charge is 0.414 e. The lowest BCUT2D eigenvalue weighted by Gasteiger charge is -2.35. The van der Waals surface area contributed by atoms with Gasteiger partial charge in [-0.25, -0.2) is 4.79 Å². The second-order valence-electron chi connectivity index (χ2n) is 6.81. The molecule has 0 radical (unpaired) electrons. The van der Waals surface area contributed by atoms with Crippen LogP contribution in [0.5, 0.6) is 5.75 Å². The number of amides is 1. The van der Waals surface area contributed by atoms with Gasteiger partial charge < -0.3 is 19.6 Å². The van der Waals surface area contributed by atoms with Crippen LogP contribution in [0.1, 0.15) is 26.3 Å². The van der Waals surface area contributed by atoms with Crippen LogP contribution in [0.25, 0.3) is 10.9 Å². The number of phenols is 1. The van der Waals surface area contributed by atoms with Crippen molar-refractivity contribution in [2.45, 2.75) is 38.9 Å². The van der Waals surface area contributed by atoms with Crippen LogP contribution < -0.4 is 4.90 Å². The first-order valence-corrected chi connectivity index (χ1v) is 7.65. The maximum absolute atomic E-state index is 12.6. The molecule has 0 saturated carbocycles. The summed E-state index contributed by atoms with van der Waals surface area (Å²) in [5.74, 6) is 0.119. The van der Waals surface area contributed by atoms with Gasteiger partial charge in [-0.15, -0.1) is 0 Å². The molecule has 0 bridgehead atoms. The summed E-state index contributed by atoms with van der Waals surface area (Å²) in [5, 5.41) is 11.1. The second-order valence-corrected chi connectivity index (χ2v) is 6.81. The number of aromatic hydroxyl groups is 1. The van der Waals surface area contributed by atoms with Gasteiger partial charge in [0.2, 0.25) is 0 Å². The van der Waals surface area contributed by atoms with Crippen molar-refractivity contribution < 1.29 is 19.4 Å². The number of nitrogens with one attached hydrogen (secondary N) is 1. The molecule has 6 heteroatoms. The Labute approximate surface area is 135 Å². The van der Waals surface area contributed by atoms with E-state index < -0.39 is 11.7 Å². The monoisotopic (exact) mass is 318 g/mol. The zero-order valence-electron chi connectivity index (χ0n) is 13.8. The summed E-state index contributed by atoms with van der Waals surface area (Å²) in [6.45, 7) is 5.89. The Hall–Kier alpha value is -2.21. The summed E-state index contributed by atoms with van der Waals surface area (Å²) in [5.41, 5.74) is 1.74. The van der Waals surface area contributed by atoms with Crippen LogP contribution in [0, 0.1) is 0 Å². The molecule has 124 valence electrons. The molecule has 23 heavy (non-hydrogen) atoms. The normalized spacial score (nSPS) is 18.1. The third kappa shape index (κ3) is 2.86. The number of phenolic OH excluding ortho intramolecular Hbond substituents is 1. The van der Waals surface area contributed by atoms with Crippen LogP contribution in [0.3, 0.4) is 0 Å². The highest BCUT2D eigenvalue weighted by Gasteiger charge is 2.33. The Kier molecular flexibility index (Phi) is 3.72. The fourth-order valence-corrected chi connectivity index (χ4v) is 2.96. The molecular formula is C17H22N2O4. The van der Waals surface area contributed by atoms with Crippen LogP contribution in [0.15, 0.2) is 18.3 Å². The van der Waals surface area contributed by atoms with Gasteiger partial charge in [-0.1, -0.05) is 0 Å². The average molecular weight is 318 g/mol. The van der Waals surface area contributed by atoms with Crippen molar-refractivity contribution in [1.82, 2.24) is 4.98 Å². The molecule has 1 aromatic heterocycles. The number of carbonyl (C=O) groups excluding carboxylic acids is 1. The van der Waals surface area contributed by atoms with E-state index in [1.54, 1.807) is 24.3 Å². The fourth-order valence-electron chi connectivity index (χ4n) is 2.96. The Morgan fingerprint density at radius 1 is 1.43 bits per heavy atom. The number of methoxy groups -OCH3 is 1. The van der Waals surface area contributed by atoms with Gasteiger partial charge in [0.1, 0.15) is 11.4 Å². The van der Waals surface area contributed by atoms with Crippen molar-refractivity contribution >= 4 is 22.7 Å². The number of rotatable bonds is 1. The summed E-state index contributed by atoms with van der Waals surface area (Å²) < 4.78 is 11.0. The van der Waals surface area contributed by atoms with E-state index in [0.29, 0.717) is 24.2 Å². The highest BCUT2D eigenvalue weighted by molar-refractivity contribution is 5.99. The molecule has 0 fully saturated rings. The van der Waals surface area contributed by atoms with Gasteiger partial charge in [0.15, 0.2) is 0 Å². The third-order valence-electron chi connectivity index (χ3n) is 3.97. The maximum Gasteiger partial charge on any atom is 0.414 e. The number of anilines is 1. The van der Waals surface area contributed by atoms with Crippen molar-refractivity contribution in [2.24, 2.45) is 0 Å². The Morgan fingerprint density at radius 3 is 2.83 bits per heavy atom. The number of hydrogen-bond donors (Lipinski definition) is 2. The van der Waals surface area contributed by atoms with Crippen molar-refractivity contribution in [3.05, 3.63) is 23.9 Å². The summed E-state index contributed by atoms with van der Waals surface area (Å²) >= 11 is 0. The third-order valence-corrected chi connectivity index (χ3v) is 3.97. The summed E-state index contributed by atoms with van der Waals surface area (Å²) in [7, 11) is 1.64. The van der Waals surface area contributed by atoms with E-state index in [1.807, 2.05) is 26.8 Å². The van der Waals surface area contributed by atoms with Crippen molar-refractivity contribution in [1.29, 1.82) is 0 Å². The number of aromatic amines is 1. The lowest BCUT2D eigenvalue weighted by molar-refractivity contribution is 0.0517. The van der Waals surface area contributed by atoms with Crippen LogP contribution in [0.2, 0.25) is 0 Å².